The van der Waals surface area contributed by atoms with E-state index in [1.165, 1.54) is 21.3 Å². The molecule has 1 fully saturated rings. The van der Waals surface area contributed by atoms with Crippen molar-refractivity contribution < 1.29 is 23.8 Å². The van der Waals surface area contributed by atoms with E-state index in [0.717, 1.165) is 25.7 Å². The first kappa shape index (κ1) is 17.3. The molecule has 5 heteroatoms. The number of hydrogen-bond donors (Lipinski definition) is 0. The monoisotopic (exact) mass is 320 g/mol. The van der Waals surface area contributed by atoms with Crippen molar-refractivity contribution in [3.8, 4) is 17.2 Å². The summed E-state index contributed by atoms with van der Waals surface area (Å²) in [6.45, 7) is 0. The first-order chi connectivity index (χ1) is 11.1. The van der Waals surface area contributed by atoms with Gasteiger partial charge in [0.25, 0.3) is 0 Å². The molecular formula is C18H24O5. The molecule has 23 heavy (non-hydrogen) atoms. The lowest BCUT2D eigenvalue weighted by atomic mass is 9.91. The van der Waals surface area contributed by atoms with Crippen LogP contribution in [0.2, 0.25) is 0 Å². The Bertz CT molecular complexity index is 554. The maximum atomic E-state index is 12.6. The Labute approximate surface area is 136 Å². The van der Waals surface area contributed by atoms with Crippen LogP contribution in [0.3, 0.4) is 0 Å². The predicted molar refractivity (Wildman–Crippen MR) is 86.6 cm³/mol. The highest BCUT2D eigenvalue weighted by Crippen LogP contribution is 2.38. The zero-order chi connectivity index (χ0) is 16.8. The van der Waals surface area contributed by atoms with E-state index in [4.69, 9.17) is 14.2 Å². The van der Waals surface area contributed by atoms with Crippen LogP contribution in [0.15, 0.2) is 12.1 Å². The SMILES string of the molecule is COc1cc(C(=O)CC2CCCCCC2=O)cc(OC)c1OC. The molecule has 0 aromatic heterocycles. The lowest BCUT2D eigenvalue weighted by molar-refractivity contribution is -0.122. The van der Waals surface area contributed by atoms with Crippen LogP contribution in [0.25, 0.3) is 0 Å². The van der Waals surface area contributed by atoms with Gasteiger partial charge in [-0.15, -0.1) is 0 Å². The van der Waals surface area contributed by atoms with Crippen LogP contribution in [0.5, 0.6) is 17.2 Å². The molecule has 0 heterocycles. The fourth-order valence-corrected chi connectivity index (χ4v) is 3.03. The first-order valence-corrected chi connectivity index (χ1v) is 7.96. The van der Waals surface area contributed by atoms with Gasteiger partial charge in [0.1, 0.15) is 5.78 Å². The van der Waals surface area contributed by atoms with Gasteiger partial charge in [-0.2, -0.15) is 0 Å². The maximum absolute atomic E-state index is 12.6. The van der Waals surface area contributed by atoms with E-state index in [-0.39, 0.29) is 23.9 Å². The van der Waals surface area contributed by atoms with Crippen LogP contribution >= 0.6 is 0 Å². The normalized spacial score (nSPS) is 18.2. The van der Waals surface area contributed by atoms with E-state index >= 15 is 0 Å². The molecule has 0 radical (unpaired) electrons. The average Bonchev–Trinajstić information content (AvgIpc) is 2.77. The van der Waals surface area contributed by atoms with Crippen molar-refractivity contribution in [3.05, 3.63) is 17.7 Å². The number of benzene rings is 1. The van der Waals surface area contributed by atoms with Gasteiger partial charge in [0.15, 0.2) is 17.3 Å². The Kier molecular flexibility index (Phi) is 6.02. The number of ether oxygens (including phenoxy) is 3. The second-order valence-electron chi connectivity index (χ2n) is 5.80. The van der Waals surface area contributed by atoms with Gasteiger partial charge in [-0.05, 0) is 25.0 Å². The molecule has 0 bridgehead atoms. The van der Waals surface area contributed by atoms with Crippen LogP contribution in [0.4, 0.5) is 0 Å². The third-order valence-electron chi connectivity index (χ3n) is 4.35. The third-order valence-corrected chi connectivity index (χ3v) is 4.35. The molecule has 1 unspecified atom stereocenters. The number of methoxy groups -OCH3 is 3. The van der Waals surface area contributed by atoms with Gasteiger partial charge in [0.2, 0.25) is 5.75 Å². The smallest absolute Gasteiger partial charge is 0.203 e. The minimum absolute atomic E-state index is 0.0653. The molecule has 5 nitrogen and oxygen atoms in total. The highest BCUT2D eigenvalue weighted by molar-refractivity contribution is 6.00. The van der Waals surface area contributed by atoms with Crippen molar-refractivity contribution in [1.82, 2.24) is 0 Å². The molecule has 0 spiro atoms. The van der Waals surface area contributed by atoms with Gasteiger partial charge < -0.3 is 14.2 Å². The second kappa shape index (κ2) is 7.99. The van der Waals surface area contributed by atoms with Gasteiger partial charge in [-0.25, -0.2) is 0 Å². The van der Waals surface area contributed by atoms with Crippen LogP contribution in [0, 0.1) is 5.92 Å². The summed E-state index contributed by atoms with van der Waals surface area (Å²) < 4.78 is 15.8. The number of rotatable bonds is 6. The van der Waals surface area contributed by atoms with Gasteiger partial charge in [-0.3, -0.25) is 9.59 Å². The third kappa shape index (κ3) is 4.03. The van der Waals surface area contributed by atoms with E-state index in [2.05, 4.69) is 0 Å². The minimum atomic E-state index is -0.163. The molecule has 0 aliphatic heterocycles. The van der Waals surface area contributed by atoms with E-state index in [1.807, 2.05) is 0 Å². The number of carbonyl (C=O) groups excluding carboxylic acids is 2. The van der Waals surface area contributed by atoms with E-state index in [1.54, 1.807) is 12.1 Å². The molecule has 2 rings (SSSR count). The van der Waals surface area contributed by atoms with Crippen molar-refractivity contribution in [2.75, 3.05) is 21.3 Å². The zero-order valence-corrected chi connectivity index (χ0v) is 14.0. The lowest BCUT2D eigenvalue weighted by Crippen LogP contribution is -2.17. The summed E-state index contributed by atoms with van der Waals surface area (Å²) in [7, 11) is 4.55. The van der Waals surface area contributed by atoms with Crippen molar-refractivity contribution in [1.29, 1.82) is 0 Å². The molecule has 1 saturated carbocycles. The molecule has 126 valence electrons. The summed E-state index contributed by atoms with van der Waals surface area (Å²) >= 11 is 0. The summed E-state index contributed by atoms with van der Waals surface area (Å²) in [5.41, 5.74) is 0.483. The fraction of sp³-hybridized carbons (Fsp3) is 0.556. The highest BCUT2D eigenvalue weighted by atomic mass is 16.5. The van der Waals surface area contributed by atoms with Crippen LogP contribution in [-0.4, -0.2) is 32.9 Å². The molecule has 1 aromatic carbocycles. The highest BCUT2D eigenvalue weighted by Gasteiger charge is 2.25. The van der Waals surface area contributed by atoms with Crippen LogP contribution in [0.1, 0.15) is 48.9 Å². The molecule has 1 aromatic rings. The van der Waals surface area contributed by atoms with Gasteiger partial charge in [0.05, 0.1) is 21.3 Å². The Morgan fingerprint density at radius 2 is 1.70 bits per heavy atom. The Morgan fingerprint density at radius 1 is 1.04 bits per heavy atom. The van der Waals surface area contributed by atoms with Gasteiger partial charge >= 0.3 is 0 Å². The molecule has 0 saturated heterocycles. The number of hydrogen-bond acceptors (Lipinski definition) is 5. The van der Waals surface area contributed by atoms with Gasteiger partial charge in [-0.1, -0.05) is 12.8 Å². The number of carbonyl (C=O) groups is 2. The summed E-state index contributed by atoms with van der Waals surface area (Å²) in [5.74, 6) is 1.33. The predicted octanol–water partition coefficient (Wildman–Crippen LogP) is 3.43. The van der Waals surface area contributed by atoms with Crippen molar-refractivity contribution >= 4 is 11.6 Å². The number of Topliss-reactive ketones (excluding diaryl/α,β-unsaturated/α-hetero) is 2. The minimum Gasteiger partial charge on any atom is -0.493 e. The molecule has 0 amide bonds. The summed E-state index contributed by atoms with van der Waals surface area (Å²) in [4.78, 5) is 24.7. The fourth-order valence-electron chi connectivity index (χ4n) is 3.03. The second-order valence-corrected chi connectivity index (χ2v) is 5.80. The van der Waals surface area contributed by atoms with Crippen LogP contribution in [-0.2, 0) is 4.79 Å². The van der Waals surface area contributed by atoms with Crippen molar-refractivity contribution in [3.63, 3.8) is 0 Å². The van der Waals surface area contributed by atoms with Crippen LogP contribution < -0.4 is 14.2 Å². The maximum Gasteiger partial charge on any atom is 0.203 e. The Hall–Kier alpha value is -2.04. The topological polar surface area (TPSA) is 61.8 Å². The quantitative estimate of drug-likeness (QED) is 0.593. The molecular weight excluding hydrogens is 296 g/mol. The van der Waals surface area contributed by atoms with Gasteiger partial charge in [0, 0.05) is 24.3 Å². The van der Waals surface area contributed by atoms with E-state index in [9.17, 15) is 9.59 Å². The largest absolute Gasteiger partial charge is 0.493 e. The molecule has 0 N–H and O–H groups in total. The van der Waals surface area contributed by atoms with Crippen molar-refractivity contribution in [2.24, 2.45) is 5.92 Å². The Balaban J connectivity index is 2.23. The summed E-state index contributed by atoms with van der Waals surface area (Å²) in [6, 6.07) is 3.29. The molecule has 1 aliphatic carbocycles. The van der Waals surface area contributed by atoms with E-state index in [0.29, 0.717) is 29.2 Å². The summed E-state index contributed by atoms with van der Waals surface area (Å²) in [5, 5.41) is 0. The average molecular weight is 320 g/mol. The summed E-state index contributed by atoms with van der Waals surface area (Å²) in [6.07, 6.45) is 4.66. The first-order valence-electron chi connectivity index (χ1n) is 7.96. The Morgan fingerprint density at radius 3 is 2.26 bits per heavy atom. The standard InChI is InChI=1S/C18H24O5/c1-21-16-10-13(11-17(22-2)18(16)23-3)15(20)9-12-7-5-4-6-8-14(12)19/h10-12H,4-9H2,1-3H3. The molecule has 1 atom stereocenters. The number of ketones is 2. The zero-order valence-electron chi connectivity index (χ0n) is 14.0. The molecule has 1 aliphatic rings. The van der Waals surface area contributed by atoms with E-state index < -0.39 is 0 Å². The van der Waals surface area contributed by atoms with Crippen molar-refractivity contribution in [2.45, 2.75) is 38.5 Å². The lowest BCUT2D eigenvalue weighted by Gasteiger charge is -2.15.